The van der Waals surface area contributed by atoms with Crippen molar-refractivity contribution in [2.75, 3.05) is 6.61 Å². The Kier molecular flexibility index (Phi) is 3.78. The molecule has 94 valence electrons. The van der Waals surface area contributed by atoms with Crippen molar-refractivity contribution in [2.24, 2.45) is 0 Å². The minimum absolute atomic E-state index is 0.0141. The van der Waals surface area contributed by atoms with E-state index >= 15 is 0 Å². The summed E-state index contributed by atoms with van der Waals surface area (Å²) in [6, 6.07) is 6.16. The largest absolute Gasteiger partial charge is 0.492 e. The Bertz CT molecular complexity index is 585. The quantitative estimate of drug-likeness (QED) is 0.893. The predicted octanol–water partition coefficient (Wildman–Crippen LogP) is 1.69. The van der Waals surface area contributed by atoms with Crippen molar-refractivity contribution in [2.45, 2.75) is 6.54 Å². The molecule has 5 nitrogen and oxygen atoms in total. The molecule has 2 aromatic rings. The highest BCUT2D eigenvalue weighted by molar-refractivity contribution is 7.07. The monoisotopic (exact) mass is 265 g/mol. The van der Waals surface area contributed by atoms with Gasteiger partial charge in [0.15, 0.2) is 0 Å². The molecule has 0 aliphatic carbocycles. The van der Waals surface area contributed by atoms with E-state index in [9.17, 15) is 9.59 Å². The van der Waals surface area contributed by atoms with Crippen LogP contribution in [0.25, 0.3) is 0 Å². The van der Waals surface area contributed by atoms with E-state index in [1.54, 1.807) is 28.3 Å². The van der Waals surface area contributed by atoms with Gasteiger partial charge in [-0.05, 0) is 24.3 Å². The maximum Gasteiger partial charge on any atom is 0.335 e. The topological polar surface area (TPSA) is 68.5 Å². The highest BCUT2D eigenvalue weighted by Gasteiger charge is 2.02. The molecule has 0 aliphatic rings. The molecular weight excluding hydrogens is 254 g/mol. The number of carbonyl (C=O) groups is 1. The summed E-state index contributed by atoms with van der Waals surface area (Å²) in [4.78, 5) is 21.9. The lowest BCUT2D eigenvalue weighted by molar-refractivity contribution is 0.0697. The van der Waals surface area contributed by atoms with Crippen molar-refractivity contribution in [1.29, 1.82) is 0 Å². The van der Waals surface area contributed by atoms with Gasteiger partial charge in [0.2, 0.25) is 0 Å². The van der Waals surface area contributed by atoms with E-state index in [0.717, 1.165) is 11.3 Å². The van der Waals surface area contributed by atoms with Gasteiger partial charge in [-0.25, -0.2) is 4.79 Å². The Labute approximate surface area is 107 Å². The van der Waals surface area contributed by atoms with Gasteiger partial charge in [0.1, 0.15) is 12.4 Å². The summed E-state index contributed by atoms with van der Waals surface area (Å²) >= 11 is 1.14. The van der Waals surface area contributed by atoms with Crippen LogP contribution >= 0.6 is 11.3 Å². The fourth-order valence-corrected chi connectivity index (χ4v) is 2.02. The van der Waals surface area contributed by atoms with Gasteiger partial charge >= 0.3 is 10.8 Å². The standard InChI is InChI=1S/C12H11NO4S/c14-11(15)9-1-3-10(4-2-9)17-7-5-13-6-8-18-12(13)16/h1-4,6,8H,5,7H2,(H,14,15). The average Bonchev–Trinajstić information content (AvgIpc) is 2.76. The van der Waals surface area contributed by atoms with Gasteiger partial charge in [0.05, 0.1) is 12.1 Å². The molecule has 6 heteroatoms. The number of thiazole rings is 1. The molecule has 0 atom stereocenters. The van der Waals surface area contributed by atoms with Gasteiger partial charge < -0.3 is 14.4 Å². The van der Waals surface area contributed by atoms with E-state index in [-0.39, 0.29) is 10.4 Å². The number of carboxylic acids is 1. The number of rotatable bonds is 5. The fraction of sp³-hybridized carbons (Fsp3) is 0.167. The lowest BCUT2D eigenvalue weighted by atomic mass is 10.2. The second-order valence-electron chi connectivity index (χ2n) is 3.54. The molecule has 0 saturated carbocycles. The molecule has 0 radical (unpaired) electrons. The maximum absolute atomic E-state index is 11.2. The molecule has 0 fully saturated rings. The normalized spacial score (nSPS) is 10.2. The minimum atomic E-state index is -0.966. The number of benzene rings is 1. The number of hydrogen-bond donors (Lipinski definition) is 1. The van der Waals surface area contributed by atoms with Crippen molar-refractivity contribution in [3.63, 3.8) is 0 Å². The zero-order valence-corrected chi connectivity index (χ0v) is 10.2. The summed E-state index contributed by atoms with van der Waals surface area (Å²) < 4.78 is 6.99. The Hall–Kier alpha value is -2.08. The summed E-state index contributed by atoms with van der Waals surface area (Å²) in [7, 11) is 0. The van der Waals surface area contributed by atoms with Crippen LogP contribution in [0.3, 0.4) is 0 Å². The lowest BCUT2D eigenvalue weighted by Gasteiger charge is -2.06. The SMILES string of the molecule is O=C(O)c1ccc(OCCn2ccsc2=O)cc1. The first kappa shape index (κ1) is 12.4. The molecule has 0 spiro atoms. The van der Waals surface area contributed by atoms with Gasteiger partial charge in [0, 0.05) is 11.6 Å². The van der Waals surface area contributed by atoms with E-state index in [4.69, 9.17) is 9.84 Å². The first-order valence-electron chi connectivity index (χ1n) is 5.27. The molecule has 0 saturated heterocycles. The molecule has 18 heavy (non-hydrogen) atoms. The van der Waals surface area contributed by atoms with E-state index in [1.165, 1.54) is 12.1 Å². The molecule has 0 aliphatic heterocycles. The number of aromatic nitrogens is 1. The predicted molar refractivity (Wildman–Crippen MR) is 67.5 cm³/mol. The van der Waals surface area contributed by atoms with Gasteiger partial charge in [-0.1, -0.05) is 11.3 Å². The summed E-state index contributed by atoms with van der Waals surface area (Å²) in [6.07, 6.45) is 1.71. The van der Waals surface area contributed by atoms with Crippen LogP contribution in [-0.2, 0) is 6.54 Å². The van der Waals surface area contributed by atoms with E-state index in [2.05, 4.69) is 0 Å². The van der Waals surface area contributed by atoms with Crippen molar-refractivity contribution in [3.05, 3.63) is 51.1 Å². The van der Waals surface area contributed by atoms with Gasteiger partial charge in [-0.2, -0.15) is 0 Å². The van der Waals surface area contributed by atoms with Crippen LogP contribution in [0.2, 0.25) is 0 Å². The summed E-state index contributed by atoms with van der Waals surface area (Å²) in [5.41, 5.74) is 0.219. The third-order valence-electron chi connectivity index (χ3n) is 2.35. The first-order valence-corrected chi connectivity index (χ1v) is 6.15. The molecule has 0 unspecified atom stereocenters. The van der Waals surface area contributed by atoms with E-state index in [0.29, 0.717) is 18.9 Å². The number of aromatic carboxylic acids is 1. The Morgan fingerprint density at radius 1 is 1.33 bits per heavy atom. The molecule has 1 N–H and O–H groups in total. The smallest absolute Gasteiger partial charge is 0.335 e. The average molecular weight is 265 g/mol. The van der Waals surface area contributed by atoms with Crippen LogP contribution in [-0.4, -0.2) is 22.2 Å². The lowest BCUT2D eigenvalue weighted by Crippen LogP contribution is -2.16. The zero-order valence-electron chi connectivity index (χ0n) is 9.41. The molecule has 0 amide bonds. The van der Waals surface area contributed by atoms with Crippen molar-refractivity contribution >= 4 is 17.3 Å². The third kappa shape index (κ3) is 2.98. The first-order chi connectivity index (χ1) is 8.66. The van der Waals surface area contributed by atoms with Crippen LogP contribution < -0.4 is 9.61 Å². The van der Waals surface area contributed by atoms with E-state index < -0.39 is 5.97 Å². The Morgan fingerprint density at radius 3 is 2.61 bits per heavy atom. The van der Waals surface area contributed by atoms with Crippen LogP contribution in [0.4, 0.5) is 0 Å². The Morgan fingerprint density at radius 2 is 2.06 bits per heavy atom. The molecular formula is C12H11NO4S. The van der Waals surface area contributed by atoms with Gasteiger partial charge in [0.25, 0.3) is 0 Å². The molecule has 0 bridgehead atoms. The van der Waals surface area contributed by atoms with Crippen LogP contribution in [0.15, 0.2) is 40.6 Å². The number of carboxylic acid groups (broad SMARTS) is 1. The van der Waals surface area contributed by atoms with Crippen LogP contribution in [0.5, 0.6) is 5.75 Å². The molecule has 2 rings (SSSR count). The second-order valence-corrected chi connectivity index (χ2v) is 4.40. The molecule has 1 heterocycles. The summed E-state index contributed by atoms with van der Waals surface area (Å²) in [5, 5.41) is 10.5. The second kappa shape index (κ2) is 5.50. The van der Waals surface area contributed by atoms with E-state index in [1.807, 2.05) is 0 Å². The van der Waals surface area contributed by atoms with Gasteiger partial charge in [-0.15, -0.1) is 0 Å². The Balaban J connectivity index is 1.89. The summed E-state index contributed by atoms with van der Waals surface area (Å²) in [6.45, 7) is 0.839. The molecule has 1 aromatic heterocycles. The van der Waals surface area contributed by atoms with Crippen molar-refractivity contribution in [1.82, 2.24) is 4.57 Å². The van der Waals surface area contributed by atoms with Crippen LogP contribution in [0.1, 0.15) is 10.4 Å². The number of ether oxygens (including phenoxy) is 1. The summed E-state index contributed by atoms with van der Waals surface area (Å²) in [5.74, 6) is -0.380. The number of hydrogen-bond acceptors (Lipinski definition) is 4. The van der Waals surface area contributed by atoms with Crippen molar-refractivity contribution in [3.8, 4) is 5.75 Å². The van der Waals surface area contributed by atoms with Crippen LogP contribution in [0, 0.1) is 0 Å². The maximum atomic E-state index is 11.2. The fourth-order valence-electron chi connectivity index (χ4n) is 1.41. The van der Waals surface area contributed by atoms with Crippen molar-refractivity contribution < 1.29 is 14.6 Å². The molecule has 1 aromatic carbocycles. The zero-order chi connectivity index (χ0) is 13.0. The van der Waals surface area contributed by atoms with Gasteiger partial charge in [-0.3, -0.25) is 4.79 Å². The highest BCUT2D eigenvalue weighted by atomic mass is 32.1. The highest BCUT2D eigenvalue weighted by Crippen LogP contribution is 2.12. The minimum Gasteiger partial charge on any atom is -0.492 e. The number of nitrogens with zero attached hydrogens (tertiary/aromatic N) is 1. The third-order valence-corrected chi connectivity index (χ3v) is 3.04.